The normalized spacial score (nSPS) is 17.8. The summed E-state index contributed by atoms with van der Waals surface area (Å²) >= 11 is 0. The van der Waals surface area contributed by atoms with E-state index >= 15 is 0 Å². The zero-order valence-corrected chi connectivity index (χ0v) is 11.8. The summed E-state index contributed by atoms with van der Waals surface area (Å²) in [7, 11) is 0. The summed E-state index contributed by atoms with van der Waals surface area (Å²) in [5.41, 5.74) is 4.93. The molecule has 0 radical (unpaired) electrons. The van der Waals surface area contributed by atoms with Crippen LogP contribution in [0.2, 0.25) is 0 Å². The first-order valence-corrected chi connectivity index (χ1v) is 7.20. The number of benzene rings is 1. The van der Waals surface area contributed by atoms with E-state index in [1.54, 1.807) is 6.07 Å². The Kier molecular flexibility index (Phi) is 3.70. The highest BCUT2D eigenvalue weighted by Crippen LogP contribution is 2.32. The van der Waals surface area contributed by atoms with Crippen molar-refractivity contribution in [2.24, 2.45) is 0 Å². The second-order valence-corrected chi connectivity index (χ2v) is 5.48. The third-order valence-electron chi connectivity index (χ3n) is 4.07. The highest BCUT2D eigenvalue weighted by atomic mass is 16.3. The molecule has 0 saturated heterocycles. The number of hydrogen-bond acceptors (Lipinski definition) is 3. The summed E-state index contributed by atoms with van der Waals surface area (Å²) in [5, 5.41) is 13.2. The van der Waals surface area contributed by atoms with Gasteiger partial charge in [0.15, 0.2) is 0 Å². The Morgan fingerprint density at radius 1 is 1.35 bits per heavy atom. The predicted octanol–water partition coefficient (Wildman–Crippen LogP) is 3.26. The summed E-state index contributed by atoms with van der Waals surface area (Å²) in [6, 6.07) is 10.2. The van der Waals surface area contributed by atoms with Gasteiger partial charge in [-0.25, -0.2) is 0 Å². The minimum atomic E-state index is 0.362. The molecule has 0 saturated carbocycles. The lowest BCUT2D eigenvalue weighted by molar-refractivity contribution is 0.447. The Balaban J connectivity index is 1.75. The Bertz CT molecular complexity index is 610. The van der Waals surface area contributed by atoms with Gasteiger partial charge in [-0.1, -0.05) is 12.1 Å². The van der Waals surface area contributed by atoms with Crippen molar-refractivity contribution in [2.75, 3.05) is 0 Å². The molecule has 1 atom stereocenters. The third-order valence-corrected chi connectivity index (χ3v) is 4.07. The predicted molar refractivity (Wildman–Crippen MR) is 79.6 cm³/mol. The first-order chi connectivity index (χ1) is 9.74. The second-order valence-electron chi connectivity index (χ2n) is 5.48. The van der Waals surface area contributed by atoms with E-state index < -0.39 is 0 Å². The minimum Gasteiger partial charge on any atom is -0.508 e. The van der Waals surface area contributed by atoms with Gasteiger partial charge in [-0.05, 0) is 61.1 Å². The van der Waals surface area contributed by atoms with E-state index in [2.05, 4.69) is 23.3 Å². The molecule has 0 spiro atoms. The average molecular weight is 268 g/mol. The summed E-state index contributed by atoms with van der Waals surface area (Å²) < 4.78 is 0. The van der Waals surface area contributed by atoms with Crippen LogP contribution in [0.1, 0.15) is 41.3 Å². The maximum atomic E-state index is 9.59. The summed E-state index contributed by atoms with van der Waals surface area (Å²) in [5.74, 6) is 0.366. The monoisotopic (exact) mass is 268 g/mol. The number of aryl methyl sites for hydroxylation is 2. The Labute approximate surface area is 119 Å². The number of fused-ring (bicyclic) bond motifs is 1. The second kappa shape index (κ2) is 5.63. The van der Waals surface area contributed by atoms with E-state index in [4.69, 9.17) is 0 Å². The van der Waals surface area contributed by atoms with Crippen LogP contribution in [0.3, 0.4) is 0 Å². The molecule has 1 aliphatic carbocycles. The molecule has 20 heavy (non-hydrogen) atoms. The van der Waals surface area contributed by atoms with Crippen molar-refractivity contribution in [3.63, 3.8) is 0 Å². The fraction of sp³-hybridized carbons (Fsp3) is 0.353. The first kappa shape index (κ1) is 13.1. The molecule has 3 heteroatoms. The fourth-order valence-electron chi connectivity index (χ4n) is 2.94. The molecular weight excluding hydrogens is 248 g/mol. The largest absolute Gasteiger partial charge is 0.508 e. The van der Waals surface area contributed by atoms with Crippen LogP contribution in [0, 0.1) is 6.92 Å². The van der Waals surface area contributed by atoms with Crippen molar-refractivity contribution in [2.45, 2.75) is 38.8 Å². The van der Waals surface area contributed by atoms with Gasteiger partial charge in [-0.15, -0.1) is 0 Å². The lowest BCUT2D eigenvalue weighted by Gasteiger charge is -2.26. The van der Waals surface area contributed by atoms with Gasteiger partial charge >= 0.3 is 0 Å². The number of nitrogens with zero attached hydrogens (tertiary/aromatic N) is 1. The van der Waals surface area contributed by atoms with Crippen LogP contribution in [-0.4, -0.2) is 10.1 Å². The molecule has 3 rings (SSSR count). The molecule has 1 aromatic carbocycles. The Morgan fingerprint density at radius 3 is 3.10 bits per heavy atom. The molecule has 1 unspecified atom stereocenters. The highest BCUT2D eigenvalue weighted by Gasteiger charge is 2.20. The fourth-order valence-corrected chi connectivity index (χ4v) is 2.94. The van der Waals surface area contributed by atoms with Crippen LogP contribution in [-0.2, 0) is 13.0 Å². The van der Waals surface area contributed by atoms with Gasteiger partial charge in [0.2, 0.25) is 0 Å². The number of hydrogen-bond donors (Lipinski definition) is 2. The van der Waals surface area contributed by atoms with Crippen LogP contribution in [0.5, 0.6) is 5.75 Å². The lowest BCUT2D eigenvalue weighted by atomic mass is 9.87. The van der Waals surface area contributed by atoms with Gasteiger partial charge in [0, 0.05) is 18.8 Å². The number of aromatic hydroxyl groups is 1. The molecule has 2 N–H and O–H groups in total. The SMILES string of the molecule is Cc1cccnc1CNC1CCCc2cc(O)ccc21. The molecule has 1 aliphatic rings. The van der Waals surface area contributed by atoms with Gasteiger partial charge in [-0.2, -0.15) is 0 Å². The van der Waals surface area contributed by atoms with Crippen LogP contribution >= 0.6 is 0 Å². The quantitative estimate of drug-likeness (QED) is 0.898. The van der Waals surface area contributed by atoms with Gasteiger partial charge in [0.1, 0.15) is 5.75 Å². The van der Waals surface area contributed by atoms with Gasteiger partial charge in [0.05, 0.1) is 5.69 Å². The van der Waals surface area contributed by atoms with Gasteiger partial charge in [-0.3, -0.25) is 4.98 Å². The minimum absolute atomic E-state index is 0.362. The van der Waals surface area contributed by atoms with Crippen LogP contribution in [0.15, 0.2) is 36.5 Å². The molecule has 3 nitrogen and oxygen atoms in total. The Morgan fingerprint density at radius 2 is 2.25 bits per heavy atom. The molecule has 1 aromatic heterocycles. The van der Waals surface area contributed by atoms with Crippen molar-refractivity contribution in [1.29, 1.82) is 0 Å². The molecule has 0 bridgehead atoms. The van der Waals surface area contributed by atoms with E-state index in [9.17, 15) is 5.11 Å². The summed E-state index contributed by atoms with van der Waals surface area (Å²) in [4.78, 5) is 4.43. The summed E-state index contributed by atoms with van der Waals surface area (Å²) in [6.07, 6.45) is 5.21. The van der Waals surface area contributed by atoms with Crippen molar-refractivity contribution >= 4 is 0 Å². The number of aromatic nitrogens is 1. The number of phenols is 1. The molecule has 0 amide bonds. The molecule has 2 aromatic rings. The maximum absolute atomic E-state index is 9.59. The van der Waals surface area contributed by atoms with Crippen LogP contribution in [0.4, 0.5) is 0 Å². The van der Waals surface area contributed by atoms with E-state index in [-0.39, 0.29) is 0 Å². The van der Waals surface area contributed by atoms with Gasteiger partial charge < -0.3 is 10.4 Å². The van der Waals surface area contributed by atoms with E-state index in [1.807, 2.05) is 24.4 Å². The number of nitrogens with one attached hydrogen (secondary N) is 1. The molecule has 0 fully saturated rings. The van der Waals surface area contributed by atoms with Crippen LogP contribution in [0.25, 0.3) is 0 Å². The first-order valence-electron chi connectivity index (χ1n) is 7.20. The van der Waals surface area contributed by atoms with Gasteiger partial charge in [0.25, 0.3) is 0 Å². The lowest BCUT2D eigenvalue weighted by Crippen LogP contribution is -2.25. The molecule has 104 valence electrons. The average Bonchev–Trinajstić information content (AvgIpc) is 2.46. The van der Waals surface area contributed by atoms with E-state index in [0.717, 1.165) is 31.5 Å². The van der Waals surface area contributed by atoms with Crippen molar-refractivity contribution in [3.05, 3.63) is 58.9 Å². The number of rotatable bonds is 3. The number of pyridine rings is 1. The molecular formula is C17H20N2O. The van der Waals surface area contributed by atoms with Crippen molar-refractivity contribution in [3.8, 4) is 5.75 Å². The van der Waals surface area contributed by atoms with E-state index in [0.29, 0.717) is 11.8 Å². The van der Waals surface area contributed by atoms with E-state index in [1.165, 1.54) is 16.7 Å². The van der Waals surface area contributed by atoms with Crippen molar-refractivity contribution in [1.82, 2.24) is 10.3 Å². The van der Waals surface area contributed by atoms with Crippen molar-refractivity contribution < 1.29 is 5.11 Å². The smallest absolute Gasteiger partial charge is 0.115 e. The zero-order chi connectivity index (χ0) is 13.9. The summed E-state index contributed by atoms with van der Waals surface area (Å²) in [6.45, 7) is 2.88. The van der Waals surface area contributed by atoms with Crippen LogP contribution < -0.4 is 5.32 Å². The zero-order valence-electron chi connectivity index (χ0n) is 11.8. The number of phenolic OH excluding ortho intramolecular Hbond substituents is 1. The Hall–Kier alpha value is -1.87. The standard InChI is InChI=1S/C17H20N2O/c1-12-4-3-9-18-17(12)11-19-16-6-2-5-13-10-14(20)7-8-15(13)16/h3-4,7-10,16,19-20H,2,5-6,11H2,1H3. The maximum Gasteiger partial charge on any atom is 0.115 e. The molecule has 0 aliphatic heterocycles. The topological polar surface area (TPSA) is 45.2 Å². The third kappa shape index (κ3) is 2.68. The highest BCUT2D eigenvalue weighted by molar-refractivity contribution is 5.38. The molecule has 1 heterocycles.